The van der Waals surface area contributed by atoms with Crippen LogP contribution in [0, 0.1) is 0 Å². The van der Waals surface area contributed by atoms with Crippen LogP contribution in [0.3, 0.4) is 0 Å². The molecule has 0 unspecified atom stereocenters. The van der Waals surface area contributed by atoms with Crippen LogP contribution in [0.5, 0.6) is 0 Å². The molecule has 1 aromatic carbocycles. The standard InChI is InChI=1S/C10H8Br2N2/c11-8-3-1-2-7(10(8)13)6-4-9(12)14-5-6/h1-5,14H,13H2. The van der Waals surface area contributed by atoms with Gasteiger partial charge in [0.15, 0.2) is 0 Å². The number of anilines is 1. The van der Waals surface area contributed by atoms with Crippen LogP contribution < -0.4 is 5.73 Å². The van der Waals surface area contributed by atoms with Crippen LogP contribution in [-0.4, -0.2) is 4.98 Å². The number of hydrogen-bond donors (Lipinski definition) is 2. The van der Waals surface area contributed by atoms with E-state index in [1.165, 1.54) is 0 Å². The molecule has 0 spiro atoms. The van der Waals surface area contributed by atoms with Gasteiger partial charge in [0.1, 0.15) is 0 Å². The Morgan fingerprint density at radius 2 is 2.00 bits per heavy atom. The predicted molar refractivity (Wildman–Crippen MR) is 66.0 cm³/mol. The van der Waals surface area contributed by atoms with Crippen molar-refractivity contribution in [3.05, 3.63) is 39.5 Å². The van der Waals surface area contributed by atoms with Gasteiger partial charge in [0, 0.05) is 21.8 Å². The Kier molecular flexibility index (Phi) is 2.65. The van der Waals surface area contributed by atoms with E-state index >= 15 is 0 Å². The molecule has 0 amide bonds. The quantitative estimate of drug-likeness (QED) is 0.772. The second kappa shape index (κ2) is 3.79. The number of H-pyrrole nitrogens is 1. The van der Waals surface area contributed by atoms with E-state index in [0.717, 1.165) is 25.9 Å². The Bertz CT molecular complexity index is 463. The van der Waals surface area contributed by atoms with Gasteiger partial charge >= 0.3 is 0 Å². The number of hydrogen-bond acceptors (Lipinski definition) is 1. The number of nitrogen functional groups attached to an aromatic ring is 1. The van der Waals surface area contributed by atoms with E-state index in [1.807, 2.05) is 30.5 Å². The smallest absolute Gasteiger partial charge is 0.0826 e. The predicted octanol–water partition coefficient (Wildman–Crippen LogP) is 3.79. The Morgan fingerprint density at radius 1 is 1.21 bits per heavy atom. The van der Waals surface area contributed by atoms with E-state index in [2.05, 4.69) is 36.8 Å². The lowest BCUT2D eigenvalue weighted by Gasteiger charge is -2.04. The number of halogens is 2. The molecule has 3 N–H and O–H groups in total. The molecule has 1 heterocycles. The average Bonchev–Trinajstić information content (AvgIpc) is 2.57. The van der Waals surface area contributed by atoms with Gasteiger partial charge in [0.25, 0.3) is 0 Å². The number of para-hydroxylation sites is 1. The lowest BCUT2D eigenvalue weighted by atomic mass is 10.1. The third-order valence-electron chi connectivity index (χ3n) is 2.01. The largest absolute Gasteiger partial charge is 0.397 e. The zero-order valence-electron chi connectivity index (χ0n) is 7.22. The summed E-state index contributed by atoms with van der Waals surface area (Å²) in [5, 5.41) is 0. The van der Waals surface area contributed by atoms with Gasteiger partial charge in [-0.25, -0.2) is 0 Å². The summed E-state index contributed by atoms with van der Waals surface area (Å²) in [7, 11) is 0. The molecule has 72 valence electrons. The van der Waals surface area contributed by atoms with Crippen LogP contribution in [-0.2, 0) is 0 Å². The summed E-state index contributed by atoms with van der Waals surface area (Å²) in [5.74, 6) is 0. The fourth-order valence-corrected chi connectivity index (χ4v) is 2.04. The number of benzene rings is 1. The van der Waals surface area contributed by atoms with E-state index in [4.69, 9.17) is 5.73 Å². The lowest BCUT2D eigenvalue weighted by Crippen LogP contribution is -1.89. The first-order valence-electron chi connectivity index (χ1n) is 4.07. The van der Waals surface area contributed by atoms with Gasteiger partial charge in [-0.3, -0.25) is 0 Å². The molecule has 0 aliphatic carbocycles. The zero-order chi connectivity index (χ0) is 10.1. The van der Waals surface area contributed by atoms with E-state index in [9.17, 15) is 0 Å². The minimum atomic E-state index is 0.763. The van der Waals surface area contributed by atoms with Crippen molar-refractivity contribution in [1.82, 2.24) is 4.98 Å². The third-order valence-corrected chi connectivity index (χ3v) is 3.16. The van der Waals surface area contributed by atoms with Crippen molar-refractivity contribution in [2.24, 2.45) is 0 Å². The van der Waals surface area contributed by atoms with E-state index in [1.54, 1.807) is 0 Å². The third kappa shape index (κ3) is 1.72. The normalized spacial score (nSPS) is 10.4. The van der Waals surface area contributed by atoms with Crippen molar-refractivity contribution >= 4 is 37.5 Å². The zero-order valence-corrected chi connectivity index (χ0v) is 10.4. The number of nitrogens with two attached hydrogens (primary N) is 1. The highest BCUT2D eigenvalue weighted by Crippen LogP contribution is 2.32. The molecule has 2 aromatic rings. The van der Waals surface area contributed by atoms with Crippen molar-refractivity contribution in [3.8, 4) is 11.1 Å². The molecule has 0 atom stereocenters. The number of nitrogens with one attached hydrogen (secondary N) is 1. The van der Waals surface area contributed by atoms with Gasteiger partial charge in [-0.2, -0.15) is 0 Å². The average molecular weight is 316 g/mol. The van der Waals surface area contributed by atoms with E-state index in [0.29, 0.717) is 0 Å². The highest BCUT2D eigenvalue weighted by Gasteiger charge is 2.06. The van der Waals surface area contributed by atoms with Crippen molar-refractivity contribution < 1.29 is 0 Å². The fourth-order valence-electron chi connectivity index (χ4n) is 1.31. The summed E-state index contributed by atoms with van der Waals surface area (Å²) in [6, 6.07) is 7.89. The van der Waals surface area contributed by atoms with Crippen molar-refractivity contribution in [1.29, 1.82) is 0 Å². The van der Waals surface area contributed by atoms with Crippen LogP contribution in [0.1, 0.15) is 0 Å². The summed E-state index contributed by atoms with van der Waals surface area (Å²) in [5.41, 5.74) is 8.82. The molecule has 0 radical (unpaired) electrons. The summed E-state index contributed by atoms with van der Waals surface area (Å²) in [6.45, 7) is 0. The van der Waals surface area contributed by atoms with Crippen molar-refractivity contribution in [3.63, 3.8) is 0 Å². The van der Waals surface area contributed by atoms with Gasteiger partial charge in [-0.1, -0.05) is 12.1 Å². The number of aromatic amines is 1. The summed E-state index contributed by atoms with van der Waals surface area (Å²) < 4.78 is 1.87. The first-order valence-corrected chi connectivity index (χ1v) is 5.65. The molecule has 0 bridgehead atoms. The van der Waals surface area contributed by atoms with Crippen LogP contribution in [0.25, 0.3) is 11.1 Å². The molecule has 0 fully saturated rings. The van der Waals surface area contributed by atoms with Gasteiger partial charge < -0.3 is 10.7 Å². The van der Waals surface area contributed by atoms with Crippen LogP contribution >= 0.6 is 31.9 Å². The topological polar surface area (TPSA) is 41.8 Å². The maximum atomic E-state index is 5.95. The first kappa shape index (κ1) is 9.80. The molecular formula is C10H8Br2N2. The molecule has 0 saturated carbocycles. The SMILES string of the molecule is Nc1c(Br)cccc1-c1c[nH]c(Br)c1. The molecule has 2 nitrogen and oxygen atoms in total. The second-order valence-corrected chi connectivity index (χ2v) is 4.65. The van der Waals surface area contributed by atoms with Crippen LogP contribution in [0.2, 0.25) is 0 Å². The molecule has 2 rings (SSSR count). The highest BCUT2D eigenvalue weighted by atomic mass is 79.9. The Morgan fingerprint density at radius 3 is 2.64 bits per heavy atom. The minimum Gasteiger partial charge on any atom is -0.397 e. The van der Waals surface area contributed by atoms with Crippen LogP contribution in [0.15, 0.2) is 39.5 Å². The van der Waals surface area contributed by atoms with Gasteiger partial charge in [-0.15, -0.1) is 0 Å². The number of aromatic nitrogens is 1. The van der Waals surface area contributed by atoms with E-state index < -0.39 is 0 Å². The maximum absolute atomic E-state index is 5.95. The summed E-state index contributed by atoms with van der Waals surface area (Å²) in [6.07, 6.45) is 1.92. The summed E-state index contributed by atoms with van der Waals surface area (Å²) in [4.78, 5) is 3.06. The molecule has 1 aromatic heterocycles. The molecule has 0 saturated heterocycles. The van der Waals surface area contributed by atoms with Crippen molar-refractivity contribution in [2.45, 2.75) is 0 Å². The lowest BCUT2D eigenvalue weighted by molar-refractivity contribution is 1.36. The Balaban J connectivity index is 2.57. The minimum absolute atomic E-state index is 0.763. The van der Waals surface area contributed by atoms with Gasteiger partial charge in [-0.05, 0) is 44.0 Å². The Labute approximate surface area is 98.8 Å². The monoisotopic (exact) mass is 314 g/mol. The maximum Gasteiger partial charge on any atom is 0.0826 e. The number of rotatable bonds is 1. The van der Waals surface area contributed by atoms with E-state index in [-0.39, 0.29) is 0 Å². The molecule has 0 aliphatic heterocycles. The van der Waals surface area contributed by atoms with Gasteiger partial charge in [0.05, 0.1) is 10.3 Å². The van der Waals surface area contributed by atoms with Gasteiger partial charge in [0.2, 0.25) is 0 Å². The molecular weight excluding hydrogens is 308 g/mol. The van der Waals surface area contributed by atoms with Crippen molar-refractivity contribution in [2.75, 3.05) is 5.73 Å². The molecule has 4 heteroatoms. The summed E-state index contributed by atoms with van der Waals surface area (Å²) >= 11 is 6.77. The molecule has 0 aliphatic rings. The molecule has 14 heavy (non-hydrogen) atoms. The van der Waals surface area contributed by atoms with Crippen LogP contribution in [0.4, 0.5) is 5.69 Å². The fraction of sp³-hybridized carbons (Fsp3) is 0. The Hall–Kier alpha value is -0.740. The first-order chi connectivity index (χ1) is 6.68. The highest BCUT2D eigenvalue weighted by molar-refractivity contribution is 9.10. The second-order valence-electron chi connectivity index (χ2n) is 2.94.